The zero-order valence-electron chi connectivity index (χ0n) is 12.1. The highest BCUT2D eigenvalue weighted by atomic mass is 32.2. The highest BCUT2D eigenvalue weighted by molar-refractivity contribution is 7.90. The summed E-state index contributed by atoms with van der Waals surface area (Å²) in [5, 5.41) is 0. The predicted molar refractivity (Wildman–Crippen MR) is 81.2 cm³/mol. The summed E-state index contributed by atoms with van der Waals surface area (Å²) in [5.74, 6) is 6.42. The van der Waals surface area contributed by atoms with E-state index in [1.807, 2.05) is 24.3 Å². The van der Waals surface area contributed by atoms with Crippen LogP contribution in [0.25, 0.3) is 0 Å². The summed E-state index contributed by atoms with van der Waals surface area (Å²) >= 11 is 0. The zero-order valence-corrected chi connectivity index (χ0v) is 12.9. The zero-order chi connectivity index (χ0) is 15.0. The van der Waals surface area contributed by atoms with Crippen LogP contribution in [0, 0.1) is 0 Å². The average Bonchev–Trinajstić information content (AvgIpc) is 2.40. The van der Waals surface area contributed by atoms with Gasteiger partial charge in [0.1, 0.15) is 15.6 Å². The van der Waals surface area contributed by atoms with Gasteiger partial charge in [-0.25, -0.2) is 8.42 Å². The Morgan fingerprint density at radius 2 is 1.95 bits per heavy atom. The van der Waals surface area contributed by atoms with E-state index in [-0.39, 0.29) is 11.8 Å². The van der Waals surface area contributed by atoms with Crippen LogP contribution in [0.4, 0.5) is 0 Å². The second-order valence-electron chi connectivity index (χ2n) is 4.91. The van der Waals surface area contributed by atoms with Gasteiger partial charge < -0.3 is 4.74 Å². The second kappa shape index (κ2) is 8.24. The molecule has 0 aliphatic carbocycles. The van der Waals surface area contributed by atoms with Crippen LogP contribution in [-0.4, -0.2) is 27.0 Å². The first-order chi connectivity index (χ1) is 9.46. The lowest BCUT2D eigenvalue weighted by Gasteiger charge is -2.16. The third-order valence-corrected chi connectivity index (χ3v) is 4.00. The van der Waals surface area contributed by atoms with Crippen molar-refractivity contribution in [3.8, 4) is 5.75 Å². The maximum Gasteiger partial charge on any atom is 0.147 e. The quantitative estimate of drug-likeness (QED) is 0.413. The Morgan fingerprint density at radius 1 is 1.30 bits per heavy atom. The Hall–Kier alpha value is -1.11. The fourth-order valence-corrected chi connectivity index (χ4v) is 2.47. The molecule has 6 heteroatoms. The molecule has 0 bridgehead atoms. The number of ether oxygens (including phenoxy) is 1. The molecule has 1 rings (SSSR count). The van der Waals surface area contributed by atoms with Gasteiger partial charge in [0.05, 0.1) is 12.4 Å². The van der Waals surface area contributed by atoms with Gasteiger partial charge in [0, 0.05) is 12.3 Å². The van der Waals surface area contributed by atoms with Crippen LogP contribution in [-0.2, 0) is 9.84 Å². The monoisotopic (exact) mass is 300 g/mol. The lowest BCUT2D eigenvalue weighted by atomic mass is 10.1. The molecule has 1 unspecified atom stereocenters. The predicted octanol–water partition coefficient (Wildman–Crippen LogP) is 1.80. The van der Waals surface area contributed by atoms with Gasteiger partial charge in [-0.15, -0.1) is 0 Å². The Bertz CT molecular complexity index is 486. The Kier molecular flexibility index (Phi) is 6.98. The van der Waals surface area contributed by atoms with Crippen molar-refractivity contribution >= 4 is 9.84 Å². The molecule has 1 aromatic carbocycles. The SMILES string of the molecule is CCCCOc1ccc(C(CCS(C)(=O)=O)NN)cc1. The van der Waals surface area contributed by atoms with Crippen molar-refractivity contribution in [1.82, 2.24) is 5.43 Å². The topological polar surface area (TPSA) is 81.4 Å². The minimum atomic E-state index is -2.98. The number of rotatable bonds is 9. The first-order valence-electron chi connectivity index (χ1n) is 6.83. The van der Waals surface area contributed by atoms with Crippen LogP contribution < -0.4 is 16.0 Å². The standard InChI is InChI=1S/C14H24N2O3S/c1-3-4-10-19-13-7-5-12(6-8-13)14(16-15)9-11-20(2,17)18/h5-8,14,16H,3-4,9-11,15H2,1-2H3. The molecule has 0 amide bonds. The summed E-state index contributed by atoms with van der Waals surface area (Å²) in [6.45, 7) is 2.83. The molecular formula is C14H24N2O3S. The number of unbranched alkanes of at least 4 members (excludes halogenated alkanes) is 1. The van der Waals surface area contributed by atoms with Crippen LogP contribution in [0.15, 0.2) is 24.3 Å². The van der Waals surface area contributed by atoms with E-state index in [0.717, 1.165) is 24.2 Å². The second-order valence-corrected chi connectivity index (χ2v) is 7.17. The van der Waals surface area contributed by atoms with Gasteiger partial charge in [0.25, 0.3) is 0 Å². The molecule has 0 heterocycles. The Labute approximate surface area is 121 Å². The van der Waals surface area contributed by atoms with Crippen molar-refractivity contribution in [3.05, 3.63) is 29.8 Å². The van der Waals surface area contributed by atoms with E-state index in [1.54, 1.807) is 0 Å². The molecule has 0 saturated heterocycles. The van der Waals surface area contributed by atoms with E-state index in [2.05, 4.69) is 12.3 Å². The fourth-order valence-electron chi connectivity index (χ4n) is 1.81. The van der Waals surface area contributed by atoms with Crippen LogP contribution >= 0.6 is 0 Å². The van der Waals surface area contributed by atoms with E-state index in [4.69, 9.17) is 10.6 Å². The third kappa shape index (κ3) is 6.36. The van der Waals surface area contributed by atoms with Crippen molar-refractivity contribution < 1.29 is 13.2 Å². The minimum Gasteiger partial charge on any atom is -0.494 e. The maximum atomic E-state index is 11.2. The average molecular weight is 300 g/mol. The summed E-state index contributed by atoms with van der Waals surface area (Å²) < 4.78 is 28.0. The normalized spacial score (nSPS) is 13.2. The number of sulfone groups is 1. The highest BCUT2D eigenvalue weighted by Crippen LogP contribution is 2.20. The molecule has 114 valence electrons. The van der Waals surface area contributed by atoms with Gasteiger partial charge in [0.15, 0.2) is 0 Å². The van der Waals surface area contributed by atoms with Crippen molar-refractivity contribution in [2.24, 2.45) is 5.84 Å². The van der Waals surface area contributed by atoms with Crippen molar-refractivity contribution in [2.75, 3.05) is 18.6 Å². The molecule has 0 spiro atoms. The molecule has 0 aliphatic heterocycles. The number of nitrogens with one attached hydrogen (secondary N) is 1. The van der Waals surface area contributed by atoms with Gasteiger partial charge >= 0.3 is 0 Å². The lowest BCUT2D eigenvalue weighted by Crippen LogP contribution is -2.29. The maximum absolute atomic E-state index is 11.2. The molecule has 0 radical (unpaired) electrons. The fraction of sp³-hybridized carbons (Fsp3) is 0.571. The lowest BCUT2D eigenvalue weighted by molar-refractivity contribution is 0.309. The van der Waals surface area contributed by atoms with Crippen molar-refractivity contribution in [2.45, 2.75) is 32.2 Å². The summed E-state index contributed by atoms with van der Waals surface area (Å²) in [4.78, 5) is 0. The molecule has 3 N–H and O–H groups in total. The molecule has 5 nitrogen and oxygen atoms in total. The third-order valence-electron chi connectivity index (χ3n) is 3.03. The Morgan fingerprint density at radius 3 is 2.45 bits per heavy atom. The van der Waals surface area contributed by atoms with Crippen molar-refractivity contribution in [1.29, 1.82) is 0 Å². The number of hydrazine groups is 1. The van der Waals surface area contributed by atoms with E-state index in [9.17, 15) is 8.42 Å². The smallest absolute Gasteiger partial charge is 0.147 e. The van der Waals surface area contributed by atoms with Crippen LogP contribution in [0.3, 0.4) is 0 Å². The summed E-state index contributed by atoms with van der Waals surface area (Å²) in [6, 6.07) is 7.42. The van der Waals surface area contributed by atoms with Crippen LogP contribution in [0.5, 0.6) is 5.75 Å². The van der Waals surface area contributed by atoms with Crippen LogP contribution in [0.2, 0.25) is 0 Å². The molecule has 20 heavy (non-hydrogen) atoms. The summed E-state index contributed by atoms with van der Waals surface area (Å²) in [6.07, 6.45) is 3.81. The van der Waals surface area contributed by atoms with E-state index < -0.39 is 9.84 Å². The number of hydrogen-bond acceptors (Lipinski definition) is 5. The molecule has 0 aliphatic rings. The van der Waals surface area contributed by atoms with Gasteiger partial charge in [-0.2, -0.15) is 0 Å². The Balaban J connectivity index is 2.60. The first-order valence-corrected chi connectivity index (χ1v) is 8.89. The van der Waals surface area contributed by atoms with Gasteiger partial charge in [0.2, 0.25) is 0 Å². The number of benzene rings is 1. The van der Waals surface area contributed by atoms with Gasteiger partial charge in [-0.3, -0.25) is 11.3 Å². The summed E-state index contributed by atoms with van der Waals surface area (Å²) in [5.41, 5.74) is 3.61. The molecule has 0 fully saturated rings. The summed E-state index contributed by atoms with van der Waals surface area (Å²) in [7, 11) is -2.98. The first kappa shape index (κ1) is 16.9. The number of hydrogen-bond donors (Lipinski definition) is 2. The largest absolute Gasteiger partial charge is 0.494 e. The molecule has 0 aromatic heterocycles. The van der Waals surface area contributed by atoms with Crippen molar-refractivity contribution in [3.63, 3.8) is 0 Å². The molecular weight excluding hydrogens is 276 g/mol. The van der Waals surface area contributed by atoms with E-state index in [1.165, 1.54) is 6.26 Å². The van der Waals surface area contributed by atoms with Gasteiger partial charge in [-0.05, 0) is 30.5 Å². The number of nitrogens with two attached hydrogens (primary N) is 1. The molecule has 1 atom stereocenters. The highest BCUT2D eigenvalue weighted by Gasteiger charge is 2.13. The molecule has 0 saturated carbocycles. The molecule has 1 aromatic rings. The minimum absolute atomic E-state index is 0.108. The van der Waals surface area contributed by atoms with Crippen LogP contribution in [0.1, 0.15) is 37.8 Å². The van der Waals surface area contributed by atoms with Gasteiger partial charge in [-0.1, -0.05) is 25.5 Å². The van der Waals surface area contributed by atoms with E-state index in [0.29, 0.717) is 13.0 Å². The van der Waals surface area contributed by atoms with E-state index >= 15 is 0 Å².